The molecule has 176 valence electrons. The Morgan fingerprint density at radius 1 is 0.806 bits per heavy atom. The summed E-state index contributed by atoms with van der Waals surface area (Å²) in [6.45, 7) is 11.7. The molecule has 0 saturated heterocycles. The van der Waals surface area contributed by atoms with Gasteiger partial charge in [-0.15, -0.1) is 0 Å². The number of ether oxygens (including phenoxy) is 3. The van der Waals surface area contributed by atoms with Gasteiger partial charge in [-0.1, -0.05) is 18.2 Å². The van der Waals surface area contributed by atoms with Crippen molar-refractivity contribution in [3.8, 4) is 0 Å². The molecular formula is C22H35NO8. The van der Waals surface area contributed by atoms with E-state index in [0.717, 1.165) is 4.90 Å². The maximum absolute atomic E-state index is 12.3. The summed E-state index contributed by atoms with van der Waals surface area (Å²) in [4.78, 5) is 35.8. The molecule has 2 aliphatic rings. The third kappa shape index (κ3) is 10.5. The summed E-state index contributed by atoms with van der Waals surface area (Å²) in [5.41, 5.74) is -1.45. The summed E-state index contributed by atoms with van der Waals surface area (Å²) >= 11 is 0. The van der Waals surface area contributed by atoms with Gasteiger partial charge in [0.1, 0.15) is 17.3 Å². The molecule has 4 unspecified atom stereocenters. The van der Waals surface area contributed by atoms with E-state index in [2.05, 4.69) is 0 Å². The van der Waals surface area contributed by atoms with Gasteiger partial charge < -0.3 is 24.4 Å². The van der Waals surface area contributed by atoms with Crippen LogP contribution in [0.25, 0.3) is 0 Å². The Hall–Kier alpha value is -2.39. The molecule has 0 aliphatic heterocycles. The van der Waals surface area contributed by atoms with Crippen LogP contribution in [0.1, 0.15) is 61.3 Å². The number of hydrogen-bond acceptors (Lipinski definition) is 8. The molecule has 2 N–H and O–H groups in total. The number of aliphatic hydroxyl groups is 2. The van der Waals surface area contributed by atoms with Crippen molar-refractivity contribution >= 4 is 18.2 Å². The van der Waals surface area contributed by atoms with Gasteiger partial charge in [0, 0.05) is 19.8 Å². The first-order valence-corrected chi connectivity index (χ1v) is 10.2. The van der Waals surface area contributed by atoms with Gasteiger partial charge in [-0.3, -0.25) is 4.79 Å². The van der Waals surface area contributed by atoms with Crippen molar-refractivity contribution in [2.75, 3.05) is 0 Å². The lowest BCUT2D eigenvalue weighted by atomic mass is 10.2. The van der Waals surface area contributed by atoms with Crippen molar-refractivity contribution in [2.45, 2.75) is 96.9 Å². The molecule has 2 rings (SSSR count). The molecule has 0 fully saturated rings. The van der Waals surface area contributed by atoms with Crippen molar-refractivity contribution in [3.63, 3.8) is 0 Å². The number of hydrogen-bond donors (Lipinski definition) is 2. The fourth-order valence-corrected chi connectivity index (χ4v) is 2.77. The number of amides is 2. The molecule has 0 saturated carbocycles. The Morgan fingerprint density at radius 3 is 1.58 bits per heavy atom. The summed E-state index contributed by atoms with van der Waals surface area (Å²) in [6, 6.07) is -0.565. The Labute approximate surface area is 183 Å². The number of carbonyl (C=O) groups excluding carboxylic acids is 3. The van der Waals surface area contributed by atoms with Gasteiger partial charge in [0.15, 0.2) is 0 Å². The Morgan fingerprint density at radius 2 is 1.26 bits per heavy atom. The largest absolute Gasteiger partial charge is 0.458 e. The highest BCUT2D eigenvalue weighted by Crippen LogP contribution is 2.23. The predicted octanol–water partition coefficient (Wildman–Crippen LogP) is 3.09. The lowest BCUT2D eigenvalue weighted by Crippen LogP contribution is -2.48. The second kappa shape index (κ2) is 10.8. The maximum Gasteiger partial charge on any atom is 0.420 e. The quantitative estimate of drug-likeness (QED) is 0.381. The summed E-state index contributed by atoms with van der Waals surface area (Å²) in [5, 5.41) is 18.5. The number of aliphatic hydroxyl groups excluding tert-OH is 2. The fourth-order valence-electron chi connectivity index (χ4n) is 2.77. The average Bonchev–Trinajstić information content (AvgIpc) is 3.12. The third-order valence-electron chi connectivity index (χ3n) is 3.89. The van der Waals surface area contributed by atoms with Crippen LogP contribution in [0.3, 0.4) is 0 Å². The topological polar surface area (TPSA) is 123 Å². The van der Waals surface area contributed by atoms with E-state index in [0.29, 0.717) is 6.42 Å². The van der Waals surface area contributed by atoms with Gasteiger partial charge in [-0.05, 0) is 47.6 Å². The number of nitrogens with zero attached hydrogens (tertiary/aromatic N) is 1. The van der Waals surface area contributed by atoms with Crippen LogP contribution in [-0.2, 0) is 19.0 Å². The minimum absolute atomic E-state index is 0.215. The third-order valence-corrected chi connectivity index (χ3v) is 3.89. The lowest BCUT2D eigenvalue weighted by Gasteiger charge is -2.31. The van der Waals surface area contributed by atoms with Gasteiger partial charge in [-0.2, -0.15) is 0 Å². The normalized spacial score (nSPS) is 24.8. The number of esters is 1. The second-order valence-corrected chi connectivity index (χ2v) is 9.42. The van der Waals surface area contributed by atoms with Crippen LogP contribution in [0.15, 0.2) is 24.3 Å². The Balaban J connectivity index is 0.000000399. The van der Waals surface area contributed by atoms with Crippen LogP contribution in [0.4, 0.5) is 9.59 Å². The molecule has 9 heteroatoms. The maximum atomic E-state index is 12.3. The van der Waals surface area contributed by atoms with Crippen LogP contribution >= 0.6 is 0 Å². The zero-order valence-electron chi connectivity index (χ0n) is 19.3. The van der Waals surface area contributed by atoms with Gasteiger partial charge >= 0.3 is 18.2 Å². The highest BCUT2D eigenvalue weighted by Gasteiger charge is 2.37. The average molecular weight is 442 g/mol. The molecule has 0 heterocycles. The van der Waals surface area contributed by atoms with Gasteiger partial charge in [0.25, 0.3) is 0 Å². The second-order valence-electron chi connectivity index (χ2n) is 9.42. The SMILES string of the molecule is CC(=O)OC1C=CC(O)C1.CC(C)(C)OC(=O)N(C(=O)OC(C)(C)C)C1C=CC(O)C1. The molecule has 2 aliphatic carbocycles. The zero-order chi connectivity index (χ0) is 24.0. The molecule has 2 amide bonds. The summed E-state index contributed by atoms with van der Waals surface area (Å²) in [7, 11) is 0. The Bertz CT molecular complexity index is 673. The van der Waals surface area contributed by atoms with E-state index >= 15 is 0 Å². The molecule has 31 heavy (non-hydrogen) atoms. The van der Waals surface area contributed by atoms with Crippen molar-refractivity contribution in [3.05, 3.63) is 24.3 Å². The van der Waals surface area contributed by atoms with Crippen LogP contribution in [0.5, 0.6) is 0 Å². The van der Waals surface area contributed by atoms with E-state index in [9.17, 15) is 19.5 Å². The highest BCUT2D eigenvalue weighted by atomic mass is 16.6. The van der Waals surface area contributed by atoms with E-state index < -0.39 is 41.6 Å². The molecular weight excluding hydrogens is 406 g/mol. The highest BCUT2D eigenvalue weighted by molar-refractivity contribution is 5.89. The Kier molecular flexibility index (Phi) is 9.26. The predicted molar refractivity (Wildman–Crippen MR) is 113 cm³/mol. The van der Waals surface area contributed by atoms with Gasteiger partial charge in [-0.25, -0.2) is 14.5 Å². The fraction of sp³-hybridized carbons (Fsp3) is 0.682. The van der Waals surface area contributed by atoms with Gasteiger partial charge in [0.2, 0.25) is 0 Å². The summed E-state index contributed by atoms with van der Waals surface area (Å²) in [5.74, 6) is -0.302. The molecule has 0 bridgehead atoms. The van der Waals surface area contributed by atoms with Crippen molar-refractivity contribution in [2.24, 2.45) is 0 Å². The van der Waals surface area contributed by atoms with E-state index in [-0.39, 0.29) is 18.5 Å². The van der Waals surface area contributed by atoms with Gasteiger partial charge in [0.05, 0.1) is 18.2 Å². The van der Waals surface area contributed by atoms with E-state index in [4.69, 9.17) is 19.3 Å². The van der Waals surface area contributed by atoms with Crippen molar-refractivity contribution < 1.29 is 38.8 Å². The molecule has 0 radical (unpaired) electrons. The van der Waals surface area contributed by atoms with Crippen LogP contribution in [0, 0.1) is 0 Å². The van der Waals surface area contributed by atoms with Crippen LogP contribution < -0.4 is 0 Å². The first kappa shape index (κ1) is 26.6. The van der Waals surface area contributed by atoms with Crippen LogP contribution in [-0.4, -0.2) is 68.8 Å². The first-order chi connectivity index (χ1) is 14.1. The number of carbonyl (C=O) groups is 3. The summed E-state index contributed by atoms with van der Waals surface area (Å²) < 4.78 is 15.3. The molecule has 9 nitrogen and oxygen atoms in total. The minimum atomic E-state index is -0.777. The van der Waals surface area contributed by atoms with E-state index in [1.165, 1.54) is 6.92 Å². The molecule has 0 aromatic carbocycles. The molecule has 0 aromatic heterocycles. The molecule has 0 spiro atoms. The lowest BCUT2D eigenvalue weighted by molar-refractivity contribution is -0.144. The minimum Gasteiger partial charge on any atom is -0.458 e. The van der Waals surface area contributed by atoms with E-state index in [1.807, 2.05) is 0 Å². The number of rotatable bonds is 2. The standard InChI is InChI=1S/C15H25NO5.C7H10O3/c1-14(2,3)20-12(18)16(10-7-8-11(17)9-10)13(19)21-15(4,5)6;1-5(8)10-7-3-2-6(9)4-7/h7-8,10-11,17H,9H2,1-6H3;2-3,6-7,9H,4H2,1H3. The zero-order valence-corrected chi connectivity index (χ0v) is 19.3. The smallest absolute Gasteiger partial charge is 0.420 e. The monoisotopic (exact) mass is 441 g/mol. The van der Waals surface area contributed by atoms with Crippen molar-refractivity contribution in [1.82, 2.24) is 4.90 Å². The molecule has 0 aromatic rings. The van der Waals surface area contributed by atoms with E-state index in [1.54, 1.807) is 65.8 Å². The van der Waals surface area contributed by atoms with Crippen molar-refractivity contribution in [1.29, 1.82) is 0 Å². The summed E-state index contributed by atoms with van der Waals surface area (Å²) in [6.07, 6.45) is 4.35. The first-order valence-electron chi connectivity index (χ1n) is 10.2. The molecule has 4 atom stereocenters. The number of imide groups is 1. The van der Waals surface area contributed by atoms with Crippen LogP contribution in [0.2, 0.25) is 0 Å².